The van der Waals surface area contributed by atoms with Crippen LogP contribution in [0.2, 0.25) is 0 Å². The first-order valence-electron chi connectivity index (χ1n) is 8.08. The van der Waals surface area contributed by atoms with Crippen molar-refractivity contribution in [3.63, 3.8) is 0 Å². The first-order chi connectivity index (χ1) is 12.5. The molecule has 2 rings (SSSR count). The van der Waals surface area contributed by atoms with Crippen LogP contribution in [0.15, 0.2) is 54.6 Å². The molecule has 6 heteroatoms. The fraction of sp³-hybridized carbons (Fsp3) is 0.200. The van der Waals surface area contributed by atoms with E-state index in [2.05, 4.69) is 0 Å². The van der Waals surface area contributed by atoms with E-state index >= 15 is 0 Å². The second-order valence-corrected chi connectivity index (χ2v) is 5.56. The number of carbonyl (C=O) groups excluding carboxylic acids is 1. The third kappa shape index (κ3) is 5.19. The number of benzene rings is 2. The number of aliphatic carboxylic acids is 1. The monoisotopic (exact) mass is 355 g/mol. The number of nitrogens with zero attached hydrogens (tertiary/aromatic N) is 1. The van der Waals surface area contributed by atoms with E-state index in [1.165, 1.54) is 13.2 Å². The van der Waals surface area contributed by atoms with Gasteiger partial charge in [-0.2, -0.15) is 0 Å². The zero-order valence-corrected chi connectivity index (χ0v) is 14.5. The second kappa shape index (κ2) is 9.39. The maximum atomic E-state index is 12.9. The quantitative estimate of drug-likeness (QED) is 0.710. The highest BCUT2D eigenvalue weighted by molar-refractivity contribution is 5.95. The van der Waals surface area contributed by atoms with Gasteiger partial charge in [-0.25, -0.2) is 4.79 Å². The summed E-state index contributed by atoms with van der Waals surface area (Å²) in [6, 6.07) is 14.3. The molecule has 0 radical (unpaired) electrons. The summed E-state index contributed by atoms with van der Waals surface area (Å²) in [5.41, 5.74) is 1.83. The van der Waals surface area contributed by atoms with Crippen LogP contribution in [-0.4, -0.2) is 47.3 Å². The van der Waals surface area contributed by atoms with Crippen molar-refractivity contribution in [3.05, 3.63) is 71.3 Å². The molecule has 0 spiro atoms. The number of ether oxygens (including phenoxy) is 1. The lowest BCUT2D eigenvalue weighted by molar-refractivity contribution is -0.131. The third-order valence-corrected chi connectivity index (χ3v) is 3.76. The van der Waals surface area contributed by atoms with E-state index in [1.54, 1.807) is 23.1 Å². The molecule has 1 amide bonds. The van der Waals surface area contributed by atoms with Crippen LogP contribution in [-0.2, 0) is 11.3 Å². The number of aliphatic hydroxyl groups is 1. The molecule has 0 aliphatic heterocycles. The van der Waals surface area contributed by atoms with Crippen LogP contribution in [0.5, 0.6) is 5.75 Å². The third-order valence-electron chi connectivity index (χ3n) is 3.76. The molecule has 0 heterocycles. The Morgan fingerprint density at radius 2 is 1.88 bits per heavy atom. The molecule has 0 atom stereocenters. The number of rotatable bonds is 8. The van der Waals surface area contributed by atoms with Gasteiger partial charge in [-0.3, -0.25) is 4.79 Å². The van der Waals surface area contributed by atoms with Gasteiger partial charge in [0.05, 0.1) is 13.7 Å². The summed E-state index contributed by atoms with van der Waals surface area (Å²) in [7, 11) is 1.47. The number of hydrogen-bond donors (Lipinski definition) is 2. The van der Waals surface area contributed by atoms with Gasteiger partial charge in [0.25, 0.3) is 5.91 Å². The smallest absolute Gasteiger partial charge is 0.328 e. The fourth-order valence-corrected chi connectivity index (χ4v) is 2.52. The number of carboxylic acid groups (broad SMARTS) is 1. The van der Waals surface area contributed by atoms with E-state index in [0.29, 0.717) is 23.4 Å². The van der Waals surface area contributed by atoms with Gasteiger partial charge in [0, 0.05) is 30.3 Å². The Morgan fingerprint density at radius 1 is 1.15 bits per heavy atom. The van der Waals surface area contributed by atoms with Crippen LogP contribution in [0.3, 0.4) is 0 Å². The van der Waals surface area contributed by atoms with Crippen LogP contribution >= 0.6 is 0 Å². The fourth-order valence-electron chi connectivity index (χ4n) is 2.52. The standard InChI is InChI=1S/C20H21NO5/c1-26-18-9-7-17(13-16(18)8-10-19(23)24)20(25)21(11-12-22)14-15-5-3-2-4-6-15/h2-10,13,22H,11-12,14H2,1H3,(H,23,24)/b10-8+. The highest BCUT2D eigenvalue weighted by atomic mass is 16.5. The molecule has 0 aromatic heterocycles. The minimum atomic E-state index is -1.09. The average molecular weight is 355 g/mol. The molecular weight excluding hydrogens is 334 g/mol. The lowest BCUT2D eigenvalue weighted by atomic mass is 10.1. The van der Waals surface area contributed by atoms with Gasteiger partial charge < -0.3 is 19.8 Å². The minimum Gasteiger partial charge on any atom is -0.496 e. The molecule has 0 saturated carbocycles. The molecule has 0 bridgehead atoms. The van der Waals surface area contributed by atoms with E-state index in [9.17, 15) is 14.7 Å². The Balaban J connectivity index is 2.29. The van der Waals surface area contributed by atoms with Crippen molar-refractivity contribution < 1.29 is 24.5 Å². The van der Waals surface area contributed by atoms with Crippen LogP contribution in [0.4, 0.5) is 0 Å². The number of aliphatic hydroxyl groups excluding tert-OH is 1. The van der Waals surface area contributed by atoms with E-state index in [0.717, 1.165) is 11.6 Å². The van der Waals surface area contributed by atoms with Gasteiger partial charge in [-0.05, 0) is 29.8 Å². The summed E-state index contributed by atoms with van der Waals surface area (Å²) in [5.74, 6) is -0.874. The topological polar surface area (TPSA) is 87.1 Å². The molecule has 2 N–H and O–H groups in total. The number of hydrogen-bond acceptors (Lipinski definition) is 4. The lowest BCUT2D eigenvalue weighted by Crippen LogP contribution is -2.33. The highest BCUT2D eigenvalue weighted by Crippen LogP contribution is 2.22. The van der Waals surface area contributed by atoms with E-state index in [-0.39, 0.29) is 19.1 Å². The zero-order valence-electron chi connectivity index (χ0n) is 14.5. The van der Waals surface area contributed by atoms with Crippen LogP contribution in [0.25, 0.3) is 6.08 Å². The Hall–Kier alpha value is -3.12. The number of carboxylic acids is 1. The molecule has 0 aliphatic rings. The van der Waals surface area contributed by atoms with Crippen molar-refractivity contribution in [1.29, 1.82) is 0 Å². The van der Waals surface area contributed by atoms with Gasteiger partial charge in [-0.1, -0.05) is 30.3 Å². The molecular formula is C20H21NO5. The summed E-state index contributed by atoms with van der Waals surface area (Å²) in [4.78, 5) is 25.2. The Morgan fingerprint density at radius 3 is 2.50 bits per heavy atom. The Bertz CT molecular complexity index is 786. The SMILES string of the molecule is COc1ccc(C(=O)N(CCO)Cc2ccccc2)cc1/C=C/C(=O)O. The predicted molar refractivity (Wildman–Crippen MR) is 97.9 cm³/mol. The molecule has 136 valence electrons. The first kappa shape index (κ1) is 19.2. The normalized spacial score (nSPS) is 10.7. The lowest BCUT2D eigenvalue weighted by Gasteiger charge is -2.22. The summed E-state index contributed by atoms with van der Waals surface area (Å²) >= 11 is 0. The molecule has 0 unspecified atom stereocenters. The Kier molecular flexibility index (Phi) is 6.93. The summed E-state index contributed by atoms with van der Waals surface area (Å²) in [5, 5.41) is 18.1. The molecule has 2 aromatic rings. The summed E-state index contributed by atoms with van der Waals surface area (Å²) in [6.45, 7) is 0.410. The zero-order chi connectivity index (χ0) is 18.9. The molecule has 0 saturated heterocycles. The maximum absolute atomic E-state index is 12.9. The van der Waals surface area contributed by atoms with Gasteiger partial charge in [0.1, 0.15) is 5.75 Å². The van der Waals surface area contributed by atoms with Crippen molar-refractivity contribution in [2.45, 2.75) is 6.54 Å². The average Bonchev–Trinajstić information content (AvgIpc) is 2.66. The van der Waals surface area contributed by atoms with Crippen molar-refractivity contribution in [3.8, 4) is 5.75 Å². The van der Waals surface area contributed by atoms with Crippen molar-refractivity contribution in [1.82, 2.24) is 4.90 Å². The van der Waals surface area contributed by atoms with Crippen LogP contribution in [0.1, 0.15) is 21.5 Å². The molecule has 0 fully saturated rings. The summed E-state index contributed by atoms with van der Waals surface area (Å²) < 4.78 is 5.21. The van der Waals surface area contributed by atoms with Gasteiger partial charge >= 0.3 is 5.97 Å². The van der Waals surface area contributed by atoms with Crippen molar-refractivity contribution in [2.24, 2.45) is 0 Å². The first-order valence-corrected chi connectivity index (χ1v) is 8.08. The minimum absolute atomic E-state index is 0.152. The maximum Gasteiger partial charge on any atom is 0.328 e. The number of carbonyl (C=O) groups is 2. The highest BCUT2D eigenvalue weighted by Gasteiger charge is 2.17. The Labute approximate surface area is 152 Å². The largest absolute Gasteiger partial charge is 0.496 e. The predicted octanol–water partition coefficient (Wildman–Crippen LogP) is 2.43. The van der Waals surface area contributed by atoms with Crippen LogP contribution in [0, 0.1) is 0 Å². The van der Waals surface area contributed by atoms with E-state index in [1.807, 2.05) is 30.3 Å². The van der Waals surface area contributed by atoms with Crippen molar-refractivity contribution >= 4 is 18.0 Å². The second-order valence-electron chi connectivity index (χ2n) is 5.56. The number of methoxy groups -OCH3 is 1. The van der Waals surface area contributed by atoms with Gasteiger partial charge in [0.15, 0.2) is 0 Å². The van der Waals surface area contributed by atoms with Crippen LogP contribution < -0.4 is 4.74 Å². The van der Waals surface area contributed by atoms with Gasteiger partial charge in [0.2, 0.25) is 0 Å². The molecule has 26 heavy (non-hydrogen) atoms. The van der Waals surface area contributed by atoms with E-state index in [4.69, 9.17) is 9.84 Å². The molecule has 0 aliphatic carbocycles. The summed E-state index contributed by atoms with van der Waals surface area (Å²) in [6.07, 6.45) is 2.37. The molecule has 2 aromatic carbocycles. The van der Waals surface area contributed by atoms with E-state index < -0.39 is 5.97 Å². The number of amides is 1. The van der Waals surface area contributed by atoms with Gasteiger partial charge in [-0.15, -0.1) is 0 Å². The van der Waals surface area contributed by atoms with Crippen molar-refractivity contribution in [2.75, 3.05) is 20.3 Å². The molecule has 6 nitrogen and oxygen atoms in total.